The molecule has 0 fully saturated rings. The van der Waals surface area contributed by atoms with Gasteiger partial charge in [-0.2, -0.15) is 0 Å². The van der Waals surface area contributed by atoms with E-state index in [2.05, 4.69) is 6.92 Å². The van der Waals surface area contributed by atoms with E-state index in [1.165, 1.54) is 0 Å². The Bertz CT molecular complexity index is 1020. The lowest BCUT2D eigenvalue weighted by molar-refractivity contribution is -0.134. The summed E-state index contributed by atoms with van der Waals surface area (Å²) in [4.78, 5) is 31.3. The number of amides is 2. The number of carbonyl (C=O) groups excluding carboxylic acids is 2. The predicted molar refractivity (Wildman–Crippen MR) is 123 cm³/mol. The largest absolute Gasteiger partial charge is 0.493 e. The Labute approximate surface area is 190 Å². The van der Waals surface area contributed by atoms with E-state index in [4.69, 9.17) is 9.47 Å². The van der Waals surface area contributed by atoms with Gasteiger partial charge in [-0.05, 0) is 54.7 Å². The fourth-order valence-corrected chi connectivity index (χ4v) is 5.09. The second kappa shape index (κ2) is 9.23. The molecule has 4 rings (SSSR count). The maximum Gasteiger partial charge on any atom is 0.254 e. The van der Waals surface area contributed by atoms with Crippen LogP contribution in [-0.4, -0.2) is 55.5 Å². The second-order valence-electron chi connectivity index (χ2n) is 8.44. The number of nitrogens with zero attached hydrogens (tertiary/aromatic N) is 2. The topological polar surface area (TPSA) is 59.1 Å². The van der Waals surface area contributed by atoms with Gasteiger partial charge in [0.15, 0.2) is 11.5 Å². The van der Waals surface area contributed by atoms with Gasteiger partial charge in [-0.25, -0.2) is 0 Å². The Hall–Kier alpha value is -3.02. The van der Waals surface area contributed by atoms with Gasteiger partial charge in [0.05, 0.1) is 26.2 Å². The van der Waals surface area contributed by atoms with Crippen LogP contribution in [-0.2, 0) is 11.2 Å². The van der Waals surface area contributed by atoms with Gasteiger partial charge in [-0.1, -0.05) is 31.5 Å². The molecule has 0 saturated heterocycles. The first-order chi connectivity index (χ1) is 15.5. The lowest BCUT2D eigenvalue weighted by Crippen LogP contribution is -2.51. The quantitative estimate of drug-likeness (QED) is 0.653. The number of hydrogen-bond acceptors (Lipinski definition) is 4. The summed E-state index contributed by atoms with van der Waals surface area (Å²) in [6, 6.07) is 11.2. The SMILES string of the molecule is CCCCN(CC)C(=O)[C@@H]1c2ccccc2C(=O)N2CCc3cc(OC)c(OC)cc3[C@@H]12. The molecule has 2 atom stereocenters. The third kappa shape index (κ3) is 3.61. The zero-order valence-corrected chi connectivity index (χ0v) is 19.4. The van der Waals surface area contributed by atoms with E-state index >= 15 is 0 Å². The van der Waals surface area contributed by atoms with Crippen LogP contribution in [0.25, 0.3) is 0 Å². The molecule has 0 aliphatic carbocycles. The van der Waals surface area contributed by atoms with Crippen molar-refractivity contribution >= 4 is 11.8 Å². The van der Waals surface area contributed by atoms with Crippen molar-refractivity contribution in [3.05, 3.63) is 58.7 Å². The van der Waals surface area contributed by atoms with E-state index in [-0.39, 0.29) is 17.9 Å². The molecule has 2 heterocycles. The highest BCUT2D eigenvalue weighted by Gasteiger charge is 2.47. The number of methoxy groups -OCH3 is 2. The van der Waals surface area contributed by atoms with Crippen molar-refractivity contribution in [3.8, 4) is 11.5 Å². The summed E-state index contributed by atoms with van der Waals surface area (Å²) in [6.45, 7) is 6.10. The van der Waals surface area contributed by atoms with Crippen LogP contribution in [0, 0.1) is 0 Å². The van der Waals surface area contributed by atoms with Crippen LogP contribution >= 0.6 is 0 Å². The molecule has 170 valence electrons. The van der Waals surface area contributed by atoms with Crippen LogP contribution in [0.2, 0.25) is 0 Å². The molecule has 0 unspecified atom stereocenters. The van der Waals surface area contributed by atoms with Gasteiger partial charge in [0.2, 0.25) is 5.91 Å². The van der Waals surface area contributed by atoms with E-state index in [1.807, 2.05) is 53.1 Å². The number of ether oxygens (including phenoxy) is 2. The summed E-state index contributed by atoms with van der Waals surface area (Å²) < 4.78 is 11.1. The molecule has 0 bridgehead atoms. The average molecular weight is 437 g/mol. The van der Waals surface area contributed by atoms with Crippen molar-refractivity contribution in [1.29, 1.82) is 0 Å². The van der Waals surface area contributed by atoms with Crippen molar-refractivity contribution in [2.75, 3.05) is 33.9 Å². The van der Waals surface area contributed by atoms with Gasteiger partial charge in [0.25, 0.3) is 5.91 Å². The molecule has 0 radical (unpaired) electrons. The van der Waals surface area contributed by atoms with Crippen molar-refractivity contribution in [2.45, 2.75) is 45.1 Å². The minimum absolute atomic E-state index is 0.00769. The van der Waals surface area contributed by atoms with Crippen molar-refractivity contribution < 1.29 is 19.1 Å². The molecule has 0 N–H and O–H groups in total. The Morgan fingerprint density at radius 2 is 1.81 bits per heavy atom. The van der Waals surface area contributed by atoms with Gasteiger partial charge < -0.3 is 19.3 Å². The Morgan fingerprint density at radius 1 is 1.09 bits per heavy atom. The van der Waals surface area contributed by atoms with E-state index < -0.39 is 5.92 Å². The van der Waals surface area contributed by atoms with Gasteiger partial charge in [0.1, 0.15) is 0 Å². The summed E-state index contributed by atoms with van der Waals surface area (Å²) >= 11 is 0. The van der Waals surface area contributed by atoms with Crippen LogP contribution in [0.15, 0.2) is 36.4 Å². The fourth-order valence-electron chi connectivity index (χ4n) is 5.09. The molecule has 2 aliphatic rings. The average Bonchev–Trinajstić information content (AvgIpc) is 2.83. The Morgan fingerprint density at radius 3 is 2.50 bits per heavy atom. The normalized spacial score (nSPS) is 19.0. The zero-order valence-electron chi connectivity index (χ0n) is 19.4. The molecular weight excluding hydrogens is 404 g/mol. The maximum absolute atomic E-state index is 14.0. The van der Waals surface area contributed by atoms with Gasteiger partial charge in [-0.3, -0.25) is 9.59 Å². The van der Waals surface area contributed by atoms with Crippen molar-refractivity contribution in [2.24, 2.45) is 0 Å². The molecule has 2 aromatic carbocycles. The van der Waals surface area contributed by atoms with Crippen LogP contribution in [0.4, 0.5) is 0 Å². The minimum atomic E-state index is -0.446. The number of hydrogen-bond donors (Lipinski definition) is 0. The molecule has 32 heavy (non-hydrogen) atoms. The van der Waals surface area contributed by atoms with Crippen LogP contribution in [0.1, 0.15) is 65.7 Å². The molecule has 2 aliphatic heterocycles. The third-order valence-electron chi connectivity index (χ3n) is 6.77. The minimum Gasteiger partial charge on any atom is -0.493 e. The molecule has 6 nitrogen and oxygen atoms in total. The van der Waals surface area contributed by atoms with Gasteiger partial charge >= 0.3 is 0 Å². The molecule has 0 saturated carbocycles. The smallest absolute Gasteiger partial charge is 0.254 e. The monoisotopic (exact) mass is 436 g/mol. The Balaban J connectivity index is 1.88. The molecule has 6 heteroatoms. The van der Waals surface area contributed by atoms with E-state index in [9.17, 15) is 9.59 Å². The summed E-state index contributed by atoms with van der Waals surface area (Å²) in [7, 11) is 3.23. The fraction of sp³-hybridized carbons (Fsp3) is 0.462. The highest BCUT2D eigenvalue weighted by atomic mass is 16.5. The third-order valence-corrected chi connectivity index (χ3v) is 6.77. The first-order valence-corrected chi connectivity index (χ1v) is 11.5. The lowest BCUT2D eigenvalue weighted by atomic mass is 9.75. The summed E-state index contributed by atoms with van der Waals surface area (Å²) in [5.74, 6) is 0.912. The van der Waals surface area contributed by atoms with Crippen LogP contribution in [0.5, 0.6) is 11.5 Å². The highest BCUT2D eigenvalue weighted by Crippen LogP contribution is 2.48. The summed E-state index contributed by atoms with van der Waals surface area (Å²) in [5, 5.41) is 0. The highest BCUT2D eigenvalue weighted by molar-refractivity contribution is 6.01. The molecular formula is C26H32N2O4. The van der Waals surface area contributed by atoms with E-state index in [1.54, 1.807) is 14.2 Å². The van der Waals surface area contributed by atoms with Gasteiger partial charge in [-0.15, -0.1) is 0 Å². The van der Waals surface area contributed by atoms with Gasteiger partial charge in [0, 0.05) is 25.2 Å². The number of carbonyl (C=O) groups is 2. The van der Waals surface area contributed by atoms with Crippen LogP contribution in [0.3, 0.4) is 0 Å². The van der Waals surface area contributed by atoms with Crippen molar-refractivity contribution in [3.63, 3.8) is 0 Å². The number of benzene rings is 2. The Kier molecular flexibility index (Phi) is 6.40. The number of fused-ring (bicyclic) bond motifs is 4. The maximum atomic E-state index is 14.0. The standard InChI is InChI=1S/C26H32N2O4/c1-5-7-13-27(6-2)26(30)23-18-10-8-9-11-19(18)25(29)28-14-12-17-15-21(31-3)22(32-4)16-20(17)24(23)28/h8-11,15-16,23-24H,5-7,12-14H2,1-4H3/t23-,24+/m1/s1. The number of rotatable bonds is 7. The molecule has 0 aromatic heterocycles. The summed E-state index contributed by atoms with van der Waals surface area (Å²) in [5.41, 5.74) is 3.53. The van der Waals surface area contributed by atoms with Crippen molar-refractivity contribution in [1.82, 2.24) is 9.80 Å². The predicted octanol–water partition coefficient (Wildman–Crippen LogP) is 4.19. The number of unbranched alkanes of at least 4 members (excludes halogenated alkanes) is 1. The summed E-state index contributed by atoms with van der Waals surface area (Å²) in [6.07, 6.45) is 2.70. The first-order valence-electron chi connectivity index (χ1n) is 11.5. The molecule has 2 aromatic rings. The number of likely N-dealkylation sites (N-methyl/N-ethyl adjacent to an activating group) is 1. The first kappa shape index (κ1) is 22.2. The molecule has 2 amide bonds. The van der Waals surface area contributed by atoms with E-state index in [0.29, 0.717) is 36.6 Å². The molecule has 0 spiro atoms. The second-order valence-corrected chi connectivity index (χ2v) is 8.44. The van der Waals surface area contributed by atoms with Crippen LogP contribution < -0.4 is 9.47 Å². The zero-order chi connectivity index (χ0) is 22.8. The lowest BCUT2D eigenvalue weighted by Gasteiger charge is -2.46. The van der Waals surface area contributed by atoms with E-state index in [0.717, 1.165) is 36.1 Å².